The van der Waals surface area contributed by atoms with Crippen molar-refractivity contribution in [2.75, 3.05) is 37.8 Å². The molecule has 0 aliphatic carbocycles. The van der Waals surface area contributed by atoms with Gasteiger partial charge in [0.1, 0.15) is 11.4 Å². The summed E-state index contributed by atoms with van der Waals surface area (Å²) in [6, 6.07) is 10.4. The fraction of sp³-hybridized carbons (Fsp3) is 0.444. The molecule has 0 saturated carbocycles. The maximum atomic E-state index is 11.8. The first-order valence-electron chi connectivity index (χ1n) is 8.01. The zero-order valence-electron chi connectivity index (χ0n) is 14.1. The van der Waals surface area contributed by atoms with Crippen LogP contribution in [0, 0.1) is 0 Å². The van der Waals surface area contributed by atoms with Gasteiger partial charge in [-0.15, -0.1) is 0 Å². The van der Waals surface area contributed by atoms with Crippen molar-refractivity contribution in [2.24, 2.45) is 0 Å². The largest absolute Gasteiger partial charge is 0.379 e. The van der Waals surface area contributed by atoms with Gasteiger partial charge in [-0.05, 0) is 39.4 Å². The van der Waals surface area contributed by atoms with Gasteiger partial charge < -0.3 is 15.5 Å². The first kappa shape index (κ1) is 17.2. The molecule has 5 heteroatoms. The molecule has 0 fully saturated rings. The van der Waals surface area contributed by atoms with Gasteiger partial charge >= 0.3 is 0 Å². The number of nitrogens with zero attached hydrogens (tertiary/aromatic N) is 1. The molecule has 23 heavy (non-hydrogen) atoms. The molecular formula is C18H25N3O2. The molecule has 0 spiro atoms. The predicted octanol–water partition coefficient (Wildman–Crippen LogP) is 1.69. The van der Waals surface area contributed by atoms with E-state index in [1.54, 1.807) is 0 Å². The summed E-state index contributed by atoms with van der Waals surface area (Å²) in [5.74, 6) is 0. The molecule has 0 heterocycles. The summed E-state index contributed by atoms with van der Waals surface area (Å²) in [6.45, 7) is 3.48. The SMILES string of the molecule is CC(CCc1ccccc1)Nc1c(NCCN(C)C)c(=O)c1=O. The molecule has 2 rings (SSSR count). The number of benzene rings is 1. The van der Waals surface area contributed by atoms with Crippen LogP contribution in [0.4, 0.5) is 11.4 Å². The smallest absolute Gasteiger partial charge is 0.253 e. The van der Waals surface area contributed by atoms with Crippen LogP contribution in [-0.4, -0.2) is 38.1 Å². The minimum Gasteiger partial charge on any atom is -0.379 e. The fourth-order valence-corrected chi connectivity index (χ4v) is 2.45. The minimum atomic E-state index is -0.415. The van der Waals surface area contributed by atoms with Gasteiger partial charge in [0.25, 0.3) is 10.9 Å². The average molecular weight is 315 g/mol. The Bertz CT molecular complexity index is 688. The van der Waals surface area contributed by atoms with E-state index in [1.165, 1.54) is 5.56 Å². The van der Waals surface area contributed by atoms with Gasteiger partial charge in [-0.25, -0.2) is 0 Å². The van der Waals surface area contributed by atoms with E-state index in [0.717, 1.165) is 19.4 Å². The second-order valence-electron chi connectivity index (χ2n) is 6.21. The van der Waals surface area contributed by atoms with E-state index in [0.29, 0.717) is 17.9 Å². The van der Waals surface area contributed by atoms with Crippen molar-refractivity contribution < 1.29 is 0 Å². The maximum Gasteiger partial charge on any atom is 0.253 e. The molecule has 0 aliphatic rings. The van der Waals surface area contributed by atoms with Crippen LogP contribution in [0.15, 0.2) is 39.9 Å². The Hall–Kier alpha value is -2.14. The van der Waals surface area contributed by atoms with Crippen molar-refractivity contribution in [3.05, 3.63) is 56.3 Å². The predicted molar refractivity (Wildman–Crippen MR) is 96.2 cm³/mol. The van der Waals surface area contributed by atoms with Gasteiger partial charge in [0.2, 0.25) is 0 Å². The first-order chi connectivity index (χ1) is 11.0. The molecule has 124 valence electrons. The van der Waals surface area contributed by atoms with Gasteiger partial charge in [-0.1, -0.05) is 30.3 Å². The van der Waals surface area contributed by atoms with E-state index in [4.69, 9.17) is 0 Å². The number of rotatable bonds is 9. The standard InChI is InChI=1S/C18H25N3O2/c1-13(9-10-14-7-5-4-6-8-14)20-16-15(17(22)18(16)23)19-11-12-21(2)3/h4-8,13,19-20H,9-12H2,1-3H3. The highest BCUT2D eigenvalue weighted by atomic mass is 16.2. The van der Waals surface area contributed by atoms with E-state index in [-0.39, 0.29) is 6.04 Å². The maximum absolute atomic E-state index is 11.8. The Balaban J connectivity index is 1.88. The highest BCUT2D eigenvalue weighted by Crippen LogP contribution is 2.17. The van der Waals surface area contributed by atoms with Crippen LogP contribution in [0.3, 0.4) is 0 Å². The Morgan fingerprint density at radius 2 is 1.70 bits per heavy atom. The molecule has 1 atom stereocenters. The van der Waals surface area contributed by atoms with E-state index in [1.807, 2.05) is 44.1 Å². The Labute approximate surface area is 137 Å². The summed E-state index contributed by atoms with van der Waals surface area (Å²) in [5.41, 5.74) is 1.32. The summed E-state index contributed by atoms with van der Waals surface area (Å²) in [7, 11) is 3.93. The lowest BCUT2D eigenvalue weighted by atomic mass is 10.1. The van der Waals surface area contributed by atoms with E-state index in [9.17, 15) is 9.59 Å². The van der Waals surface area contributed by atoms with E-state index in [2.05, 4.69) is 22.8 Å². The number of nitrogens with one attached hydrogen (secondary N) is 2. The Kier molecular flexibility index (Phi) is 5.93. The highest BCUT2D eigenvalue weighted by molar-refractivity contribution is 5.74. The van der Waals surface area contributed by atoms with Crippen LogP contribution in [0.25, 0.3) is 0 Å². The first-order valence-corrected chi connectivity index (χ1v) is 8.01. The number of likely N-dealkylation sites (N-methyl/N-ethyl adjacent to an activating group) is 1. The average Bonchev–Trinajstić information content (AvgIpc) is 2.55. The summed E-state index contributed by atoms with van der Waals surface area (Å²) in [4.78, 5) is 25.5. The van der Waals surface area contributed by atoms with Crippen LogP contribution in [0.2, 0.25) is 0 Å². The molecular weight excluding hydrogens is 290 g/mol. The molecule has 1 unspecified atom stereocenters. The van der Waals surface area contributed by atoms with E-state index >= 15 is 0 Å². The van der Waals surface area contributed by atoms with Crippen molar-refractivity contribution in [3.63, 3.8) is 0 Å². The Morgan fingerprint density at radius 1 is 1.04 bits per heavy atom. The molecule has 0 bridgehead atoms. The van der Waals surface area contributed by atoms with Gasteiger partial charge in [0.05, 0.1) is 0 Å². The number of anilines is 2. The topological polar surface area (TPSA) is 61.4 Å². The molecule has 2 aromatic rings. The second-order valence-corrected chi connectivity index (χ2v) is 6.21. The lowest BCUT2D eigenvalue weighted by Crippen LogP contribution is -2.40. The van der Waals surface area contributed by atoms with E-state index < -0.39 is 10.9 Å². The van der Waals surface area contributed by atoms with Crippen molar-refractivity contribution in [2.45, 2.75) is 25.8 Å². The van der Waals surface area contributed by atoms with Crippen molar-refractivity contribution >= 4 is 11.4 Å². The van der Waals surface area contributed by atoms with Crippen molar-refractivity contribution in [1.29, 1.82) is 0 Å². The third-order valence-corrected chi connectivity index (χ3v) is 3.87. The molecule has 2 aromatic carbocycles. The van der Waals surface area contributed by atoms with Crippen molar-refractivity contribution in [3.8, 4) is 0 Å². The van der Waals surface area contributed by atoms with Gasteiger partial charge in [0, 0.05) is 19.1 Å². The molecule has 0 aliphatic heterocycles. The lowest BCUT2D eigenvalue weighted by molar-refractivity contribution is 0.425. The second kappa shape index (κ2) is 7.92. The summed E-state index contributed by atoms with van der Waals surface area (Å²) < 4.78 is 0. The normalized spacial score (nSPS) is 12.5. The Morgan fingerprint density at radius 3 is 2.35 bits per heavy atom. The van der Waals surface area contributed by atoms with Gasteiger partial charge in [-0.3, -0.25) is 9.59 Å². The quantitative estimate of drug-likeness (QED) is 0.690. The summed E-state index contributed by atoms with van der Waals surface area (Å²) >= 11 is 0. The summed E-state index contributed by atoms with van der Waals surface area (Å²) in [6.07, 6.45) is 1.84. The fourth-order valence-electron chi connectivity index (χ4n) is 2.45. The van der Waals surface area contributed by atoms with Crippen LogP contribution < -0.4 is 21.5 Å². The number of aryl methyl sites for hydroxylation is 1. The van der Waals surface area contributed by atoms with Crippen LogP contribution in [0.5, 0.6) is 0 Å². The molecule has 0 amide bonds. The molecule has 0 aromatic heterocycles. The molecule has 0 radical (unpaired) electrons. The van der Waals surface area contributed by atoms with Gasteiger partial charge in [-0.2, -0.15) is 0 Å². The number of hydrogen-bond acceptors (Lipinski definition) is 5. The monoisotopic (exact) mass is 315 g/mol. The van der Waals surface area contributed by atoms with Gasteiger partial charge in [0.15, 0.2) is 0 Å². The summed E-state index contributed by atoms with van der Waals surface area (Å²) in [5, 5.41) is 6.25. The lowest BCUT2D eigenvalue weighted by Gasteiger charge is -2.20. The highest BCUT2D eigenvalue weighted by Gasteiger charge is 2.21. The zero-order valence-corrected chi connectivity index (χ0v) is 14.1. The minimum absolute atomic E-state index is 0.132. The van der Waals surface area contributed by atoms with Crippen molar-refractivity contribution in [1.82, 2.24) is 4.90 Å². The van der Waals surface area contributed by atoms with Crippen LogP contribution in [-0.2, 0) is 6.42 Å². The molecule has 5 nitrogen and oxygen atoms in total. The molecule has 0 saturated heterocycles. The van der Waals surface area contributed by atoms with Crippen LogP contribution in [0.1, 0.15) is 18.9 Å². The number of hydrogen-bond donors (Lipinski definition) is 2. The molecule has 2 N–H and O–H groups in total. The third kappa shape index (κ3) is 4.66. The van der Waals surface area contributed by atoms with Crippen LogP contribution >= 0.6 is 0 Å². The zero-order chi connectivity index (χ0) is 16.8. The third-order valence-electron chi connectivity index (χ3n) is 3.87.